The molecule has 1 N–H and O–H groups in total. The van der Waals surface area contributed by atoms with Gasteiger partial charge in [0.2, 0.25) is 0 Å². The lowest BCUT2D eigenvalue weighted by Crippen LogP contribution is -2.54. The van der Waals surface area contributed by atoms with Crippen LogP contribution in [0.3, 0.4) is 0 Å². The molecule has 1 aliphatic heterocycles. The standard InChI is InChI=1S/C24H19N3O8/c1-3-34-21-7-5-4-6-18(21)26-23(29)17(22(28)25-24(26)30)13-15-9-11-20(35-15)16-12-14(27(31)32)8-10-19(16)33-2/h4-13H,3H2,1-2H3,(H,25,28,30)/b17-13+. The number of nitro groups is 1. The van der Waals surface area contributed by atoms with Crippen LogP contribution in [-0.2, 0) is 9.59 Å². The molecule has 2 aromatic carbocycles. The predicted molar refractivity (Wildman–Crippen MR) is 124 cm³/mol. The van der Waals surface area contributed by atoms with E-state index < -0.39 is 22.8 Å². The number of anilines is 1. The molecule has 4 rings (SSSR count). The van der Waals surface area contributed by atoms with Crippen LogP contribution in [0.2, 0.25) is 0 Å². The number of ether oxygens (including phenoxy) is 2. The molecule has 1 fully saturated rings. The number of carbonyl (C=O) groups excluding carboxylic acids is 3. The molecule has 11 heteroatoms. The number of non-ortho nitro benzene ring substituents is 1. The van der Waals surface area contributed by atoms with Crippen molar-refractivity contribution >= 4 is 35.3 Å². The molecule has 3 aromatic rings. The zero-order valence-electron chi connectivity index (χ0n) is 18.6. The van der Waals surface area contributed by atoms with Crippen LogP contribution in [0.4, 0.5) is 16.2 Å². The van der Waals surface area contributed by atoms with Gasteiger partial charge in [-0.3, -0.25) is 25.0 Å². The second kappa shape index (κ2) is 9.51. The number of nitrogens with zero attached hydrogens (tertiary/aromatic N) is 2. The molecular formula is C24H19N3O8. The number of urea groups is 1. The van der Waals surface area contributed by atoms with Gasteiger partial charge in [-0.25, -0.2) is 9.69 Å². The third-order valence-electron chi connectivity index (χ3n) is 5.08. The Bertz CT molecular complexity index is 1370. The predicted octanol–water partition coefficient (Wildman–Crippen LogP) is 3.93. The van der Waals surface area contributed by atoms with Gasteiger partial charge in [-0.1, -0.05) is 12.1 Å². The first-order chi connectivity index (χ1) is 16.8. The summed E-state index contributed by atoms with van der Waals surface area (Å²) in [6.45, 7) is 2.06. The Morgan fingerprint density at radius 1 is 1.09 bits per heavy atom. The molecule has 0 bridgehead atoms. The maximum atomic E-state index is 13.2. The average Bonchev–Trinajstić information content (AvgIpc) is 3.31. The fraction of sp³-hybridized carbons (Fsp3) is 0.125. The van der Waals surface area contributed by atoms with Crippen LogP contribution in [0, 0.1) is 10.1 Å². The van der Waals surface area contributed by atoms with Crippen LogP contribution in [0.1, 0.15) is 12.7 Å². The Hall–Kier alpha value is -4.93. The molecule has 0 atom stereocenters. The Balaban J connectivity index is 1.71. The number of hydrogen-bond donors (Lipinski definition) is 1. The van der Waals surface area contributed by atoms with Crippen molar-refractivity contribution in [3.05, 3.63) is 76.0 Å². The Morgan fingerprint density at radius 2 is 1.86 bits per heavy atom. The number of barbiturate groups is 1. The number of imide groups is 2. The molecular weight excluding hydrogens is 458 g/mol. The summed E-state index contributed by atoms with van der Waals surface area (Å²) in [5, 5.41) is 13.3. The van der Waals surface area contributed by atoms with E-state index in [0.29, 0.717) is 23.7 Å². The lowest BCUT2D eigenvalue weighted by Gasteiger charge is -2.27. The summed E-state index contributed by atoms with van der Waals surface area (Å²) >= 11 is 0. The monoisotopic (exact) mass is 477 g/mol. The fourth-order valence-corrected chi connectivity index (χ4v) is 3.52. The summed E-state index contributed by atoms with van der Waals surface area (Å²) in [5.41, 5.74) is -0.0196. The van der Waals surface area contributed by atoms with E-state index in [0.717, 1.165) is 4.90 Å². The Labute approximate surface area is 198 Å². The minimum absolute atomic E-state index is 0.111. The van der Waals surface area contributed by atoms with E-state index in [-0.39, 0.29) is 28.5 Å². The zero-order chi connectivity index (χ0) is 25.1. The maximum absolute atomic E-state index is 13.2. The highest BCUT2D eigenvalue weighted by Crippen LogP contribution is 2.35. The summed E-state index contributed by atoms with van der Waals surface area (Å²) in [4.78, 5) is 49.6. The minimum atomic E-state index is -0.911. The average molecular weight is 477 g/mol. The highest BCUT2D eigenvalue weighted by Gasteiger charge is 2.38. The van der Waals surface area contributed by atoms with Crippen LogP contribution in [0.5, 0.6) is 11.5 Å². The molecule has 1 aliphatic rings. The maximum Gasteiger partial charge on any atom is 0.336 e. The van der Waals surface area contributed by atoms with Gasteiger partial charge in [-0.05, 0) is 43.3 Å². The van der Waals surface area contributed by atoms with Crippen LogP contribution in [0.15, 0.2) is 64.6 Å². The lowest BCUT2D eigenvalue weighted by atomic mass is 10.1. The van der Waals surface area contributed by atoms with E-state index in [4.69, 9.17) is 13.9 Å². The molecule has 0 radical (unpaired) electrons. The van der Waals surface area contributed by atoms with Gasteiger partial charge in [-0.15, -0.1) is 0 Å². The summed E-state index contributed by atoms with van der Waals surface area (Å²) in [6, 6.07) is 12.6. The smallest absolute Gasteiger partial charge is 0.336 e. The number of nitro benzene ring substituents is 1. The van der Waals surface area contributed by atoms with Gasteiger partial charge in [-0.2, -0.15) is 0 Å². The highest BCUT2D eigenvalue weighted by atomic mass is 16.6. The number of hydrogen-bond acceptors (Lipinski definition) is 8. The number of rotatable bonds is 7. The van der Waals surface area contributed by atoms with Gasteiger partial charge in [0.1, 0.15) is 28.6 Å². The van der Waals surface area contributed by atoms with Crippen LogP contribution < -0.4 is 19.7 Å². The van der Waals surface area contributed by atoms with E-state index in [2.05, 4.69) is 5.32 Å². The first-order valence-electron chi connectivity index (χ1n) is 10.4. The first kappa shape index (κ1) is 23.2. The second-order valence-electron chi connectivity index (χ2n) is 7.20. The van der Waals surface area contributed by atoms with Crippen molar-refractivity contribution < 1.29 is 33.2 Å². The summed E-state index contributed by atoms with van der Waals surface area (Å²) in [5.74, 6) is -0.798. The molecule has 178 valence electrons. The van der Waals surface area contributed by atoms with Gasteiger partial charge < -0.3 is 13.9 Å². The molecule has 2 heterocycles. The molecule has 1 saturated heterocycles. The Kier molecular flexibility index (Phi) is 6.32. The number of nitrogens with one attached hydrogen (secondary N) is 1. The van der Waals surface area contributed by atoms with Crippen molar-refractivity contribution in [3.8, 4) is 22.8 Å². The number of benzene rings is 2. The van der Waals surface area contributed by atoms with Gasteiger partial charge >= 0.3 is 6.03 Å². The highest BCUT2D eigenvalue weighted by molar-refractivity contribution is 6.39. The summed E-state index contributed by atoms with van der Waals surface area (Å²) < 4.78 is 16.5. The first-order valence-corrected chi connectivity index (χ1v) is 10.4. The van der Waals surface area contributed by atoms with Crippen molar-refractivity contribution in [2.24, 2.45) is 0 Å². The van der Waals surface area contributed by atoms with Crippen molar-refractivity contribution in [2.45, 2.75) is 6.92 Å². The van der Waals surface area contributed by atoms with E-state index in [1.165, 1.54) is 49.6 Å². The minimum Gasteiger partial charge on any atom is -0.496 e. The largest absolute Gasteiger partial charge is 0.496 e. The van der Waals surface area contributed by atoms with Crippen molar-refractivity contribution in [1.29, 1.82) is 0 Å². The molecule has 4 amide bonds. The van der Waals surface area contributed by atoms with Gasteiger partial charge in [0.15, 0.2) is 0 Å². The van der Waals surface area contributed by atoms with Crippen LogP contribution in [-0.4, -0.2) is 36.5 Å². The SMILES string of the molecule is CCOc1ccccc1N1C(=O)NC(=O)/C(=C\c2ccc(-c3cc([N+](=O)[O-])ccc3OC)o2)C1=O. The van der Waals surface area contributed by atoms with Crippen molar-refractivity contribution in [2.75, 3.05) is 18.6 Å². The normalized spacial score (nSPS) is 14.7. The molecule has 0 spiro atoms. The Morgan fingerprint density at radius 3 is 2.57 bits per heavy atom. The van der Waals surface area contributed by atoms with E-state index in [1.54, 1.807) is 25.1 Å². The lowest BCUT2D eigenvalue weighted by molar-refractivity contribution is -0.384. The number of carbonyl (C=O) groups is 3. The topological polar surface area (TPSA) is 141 Å². The van der Waals surface area contributed by atoms with Gasteiger partial charge in [0.05, 0.1) is 29.9 Å². The molecule has 0 aliphatic carbocycles. The molecule has 0 unspecified atom stereocenters. The number of methoxy groups -OCH3 is 1. The summed E-state index contributed by atoms with van der Waals surface area (Å²) in [7, 11) is 1.41. The van der Waals surface area contributed by atoms with Gasteiger partial charge in [0, 0.05) is 12.1 Å². The fourth-order valence-electron chi connectivity index (χ4n) is 3.52. The van der Waals surface area contributed by atoms with E-state index in [1.807, 2.05) is 0 Å². The third kappa shape index (κ3) is 4.47. The molecule has 11 nitrogen and oxygen atoms in total. The second-order valence-corrected chi connectivity index (χ2v) is 7.20. The number of amides is 4. The van der Waals surface area contributed by atoms with Crippen molar-refractivity contribution in [3.63, 3.8) is 0 Å². The molecule has 0 saturated carbocycles. The third-order valence-corrected chi connectivity index (χ3v) is 5.08. The molecule has 1 aromatic heterocycles. The zero-order valence-corrected chi connectivity index (χ0v) is 18.6. The quantitative estimate of drug-likeness (QED) is 0.234. The number of furan rings is 1. The van der Waals surface area contributed by atoms with Crippen LogP contribution in [0.25, 0.3) is 17.4 Å². The number of para-hydroxylation sites is 2. The van der Waals surface area contributed by atoms with E-state index in [9.17, 15) is 24.5 Å². The van der Waals surface area contributed by atoms with Crippen molar-refractivity contribution in [1.82, 2.24) is 5.32 Å². The van der Waals surface area contributed by atoms with E-state index >= 15 is 0 Å². The summed E-state index contributed by atoms with van der Waals surface area (Å²) in [6.07, 6.45) is 1.19. The van der Waals surface area contributed by atoms with Gasteiger partial charge in [0.25, 0.3) is 17.5 Å². The van der Waals surface area contributed by atoms with Crippen LogP contribution >= 0.6 is 0 Å². The molecule has 35 heavy (non-hydrogen) atoms.